The Hall–Kier alpha value is -2.81. The third-order valence-electron chi connectivity index (χ3n) is 2.90. The van der Waals surface area contributed by atoms with Crippen molar-refractivity contribution in [3.8, 4) is 16.6 Å². The van der Waals surface area contributed by atoms with Gasteiger partial charge in [0.25, 0.3) is 0 Å². The molecule has 0 unspecified atom stereocenters. The van der Waals surface area contributed by atoms with Crippen LogP contribution in [-0.2, 0) is 6.18 Å². The second-order valence-corrected chi connectivity index (χ2v) is 5.53. The Bertz CT molecular complexity index is 864. The predicted octanol–water partition coefficient (Wildman–Crippen LogP) is 5.34. The molecule has 0 amide bonds. The highest BCUT2D eigenvalue weighted by molar-refractivity contribution is 7.13. The Morgan fingerprint density at radius 2 is 1.71 bits per heavy atom. The molecule has 1 aromatic carbocycles. The Labute approximate surface area is 138 Å². The molecule has 5 nitrogen and oxygen atoms in total. The Kier molecular flexibility index (Phi) is 4.26. The summed E-state index contributed by atoms with van der Waals surface area (Å²) < 4.78 is 39.8. The van der Waals surface area contributed by atoms with Crippen LogP contribution in [0.2, 0.25) is 0 Å². The summed E-state index contributed by atoms with van der Waals surface area (Å²) in [6.07, 6.45) is -4.81. The van der Waals surface area contributed by atoms with Gasteiger partial charge in [0, 0.05) is 0 Å². The third-order valence-corrected chi connectivity index (χ3v) is 3.76. The highest BCUT2D eigenvalue weighted by Crippen LogP contribution is 2.41. The van der Waals surface area contributed by atoms with Gasteiger partial charge in [-0.1, -0.05) is 24.3 Å². The largest absolute Gasteiger partial charge is 0.492 e. The van der Waals surface area contributed by atoms with Crippen LogP contribution in [0.3, 0.4) is 0 Å². The van der Waals surface area contributed by atoms with E-state index >= 15 is 0 Å². The SMILES string of the molecule is Oc1nc(-c2cccs2)nc(C(F)(F)F)c1/N=N/c1ccccc1. The van der Waals surface area contributed by atoms with E-state index in [2.05, 4.69) is 20.2 Å². The summed E-state index contributed by atoms with van der Waals surface area (Å²) in [7, 11) is 0. The van der Waals surface area contributed by atoms with E-state index in [9.17, 15) is 18.3 Å². The number of thiophene rings is 1. The molecular formula is C15H9F3N4OS. The molecule has 3 aromatic rings. The Morgan fingerprint density at radius 1 is 0.958 bits per heavy atom. The smallest absolute Gasteiger partial charge is 0.435 e. The molecule has 0 saturated carbocycles. The Balaban J connectivity index is 2.10. The second-order valence-electron chi connectivity index (χ2n) is 4.58. The molecule has 0 atom stereocenters. The fourth-order valence-corrected chi connectivity index (χ4v) is 2.51. The summed E-state index contributed by atoms with van der Waals surface area (Å²) in [5.41, 5.74) is -1.81. The first-order valence-electron chi connectivity index (χ1n) is 6.64. The van der Waals surface area contributed by atoms with Gasteiger partial charge in [-0.3, -0.25) is 0 Å². The second kappa shape index (κ2) is 6.36. The van der Waals surface area contributed by atoms with Crippen molar-refractivity contribution in [1.29, 1.82) is 0 Å². The number of hydrogen-bond acceptors (Lipinski definition) is 6. The first kappa shape index (κ1) is 16.1. The summed E-state index contributed by atoms with van der Waals surface area (Å²) in [5, 5.41) is 18.8. The molecule has 3 rings (SSSR count). The summed E-state index contributed by atoms with van der Waals surface area (Å²) in [5.74, 6) is -1.09. The topological polar surface area (TPSA) is 70.7 Å². The number of rotatable bonds is 3. The van der Waals surface area contributed by atoms with E-state index in [0.29, 0.717) is 10.6 Å². The van der Waals surface area contributed by atoms with E-state index in [1.807, 2.05) is 0 Å². The van der Waals surface area contributed by atoms with E-state index in [1.165, 1.54) is 0 Å². The number of hydrogen-bond donors (Lipinski definition) is 1. The van der Waals surface area contributed by atoms with E-state index < -0.39 is 23.4 Å². The number of nitrogens with zero attached hydrogens (tertiary/aromatic N) is 4. The fourth-order valence-electron chi connectivity index (χ4n) is 1.85. The van der Waals surface area contributed by atoms with Gasteiger partial charge in [-0.25, -0.2) is 4.98 Å². The summed E-state index contributed by atoms with van der Waals surface area (Å²) >= 11 is 1.16. The molecule has 0 aliphatic rings. The molecule has 24 heavy (non-hydrogen) atoms. The number of alkyl halides is 3. The maximum Gasteiger partial charge on any atom is 0.435 e. The van der Waals surface area contributed by atoms with Crippen molar-refractivity contribution in [1.82, 2.24) is 9.97 Å². The zero-order chi connectivity index (χ0) is 17.2. The van der Waals surface area contributed by atoms with Crippen LogP contribution in [0.1, 0.15) is 5.69 Å². The van der Waals surface area contributed by atoms with E-state index in [-0.39, 0.29) is 5.82 Å². The number of azo groups is 1. The molecule has 0 saturated heterocycles. The van der Waals surface area contributed by atoms with Crippen LogP contribution >= 0.6 is 11.3 Å². The van der Waals surface area contributed by atoms with Crippen molar-refractivity contribution in [3.05, 3.63) is 53.5 Å². The van der Waals surface area contributed by atoms with Crippen LogP contribution in [0.15, 0.2) is 58.1 Å². The van der Waals surface area contributed by atoms with Gasteiger partial charge >= 0.3 is 6.18 Å². The van der Waals surface area contributed by atoms with Crippen molar-refractivity contribution in [2.75, 3.05) is 0 Å². The summed E-state index contributed by atoms with van der Waals surface area (Å²) in [6.45, 7) is 0. The van der Waals surface area contributed by atoms with Crippen LogP contribution in [-0.4, -0.2) is 15.1 Å². The minimum atomic E-state index is -4.81. The molecule has 0 aliphatic carbocycles. The first-order chi connectivity index (χ1) is 11.4. The lowest BCUT2D eigenvalue weighted by Gasteiger charge is -2.10. The summed E-state index contributed by atoms with van der Waals surface area (Å²) in [4.78, 5) is 7.63. The van der Waals surface area contributed by atoms with Gasteiger partial charge in [0.05, 0.1) is 10.6 Å². The lowest BCUT2D eigenvalue weighted by molar-refractivity contribution is -0.140. The number of aromatic nitrogens is 2. The van der Waals surface area contributed by atoms with Crippen LogP contribution in [0.5, 0.6) is 5.88 Å². The van der Waals surface area contributed by atoms with Crippen LogP contribution < -0.4 is 0 Å². The van der Waals surface area contributed by atoms with E-state index in [1.54, 1.807) is 47.8 Å². The highest BCUT2D eigenvalue weighted by atomic mass is 32.1. The average Bonchev–Trinajstić information content (AvgIpc) is 3.07. The van der Waals surface area contributed by atoms with Gasteiger partial charge in [-0.15, -0.1) is 16.5 Å². The van der Waals surface area contributed by atoms with Gasteiger partial charge in [0.15, 0.2) is 17.2 Å². The van der Waals surface area contributed by atoms with Crippen LogP contribution in [0.4, 0.5) is 24.5 Å². The van der Waals surface area contributed by atoms with Crippen LogP contribution in [0, 0.1) is 0 Å². The molecular weight excluding hydrogens is 341 g/mol. The molecule has 0 fully saturated rings. The van der Waals surface area contributed by atoms with Crippen molar-refractivity contribution < 1.29 is 18.3 Å². The predicted molar refractivity (Wildman–Crippen MR) is 82.6 cm³/mol. The van der Waals surface area contributed by atoms with E-state index in [0.717, 1.165) is 11.3 Å². The van der Waals surface area contributed by atoms with Crippen molar-refractivity contribution in [2.24, 2.45) is 10.2 Å². The van der Waals surface area contributed by atoms with Gasteiger partial charge in [-0.2, -0.15) is 23.3 Å². The van der Waals surface area contributed by atoms with Crippen molar-refractivity contribution >= 4 is 22.7 Å². The average molecular weight is 350 g/mol. The Morgan fingerprint density at radius 3 is 2.33 bits per heavy atom. The molecule has 0 aliphatic heterocycles. The molecule has 0 spiro atoms. The van der Waals surface area contributed by atoms with Gasteiger partial charge in [-0.05, 0) is 23.6 Å². The standard InChI is InChI=1S/C15H9F3N4OS/c16-15(17,18)12-11(22-21-9-5-2-1-3-6-9)14(23)20-13(19-12)10-7-4-8-24-10/h1-8H,(H,19,20,23)/b22-21+. The first-order valence-corrected chi connectivity index (χ1v) is 7.52. The third kappa shape index (κ3) is 3.40. The zero-order valence-corrected chi connectivity index (χ0v) is 12.7. The number of halogens is 3. The van der Waals surface area contributed by atoms with Gasteiger partial charge in [0.2, 0.25) is 5.88 Å². The van der Waals surface area contributed by atoms with Crippen molar-refractivity contribution in [3.63, 3.8) is 0 Å². The monoisotopic (exact) mass is 350 g/mol. The quantitative estimate of drug-likeness (QED) is 0.648. The van der Waals surface area contributed by atoms with Gasteiger partial charge < -0.3 is 5.11 Å². The summed E-state index contributed by atoms with van der Waals surface area (Å²) in [6, 6.07) is 11.4. The maximum absolute atomic E-state index is 13.3. The minimum Gasteiger partial charge on any atom is -0.492 e. The normalized spacial score (nSPS) is 12.0. The molecule has 2 aromatic heterocycles. The minimum absolute atomic E-state index is 0.214. The number of aromatic hydroxyl groups is 1. The molecule has 2 heterocycles. The molecule has 122 valence electrons. The van der Waals surface area contributed by atoms with E-state index in [4.69, 9.17) is 0 Å². The lowest BCUT2D eigenvalue weighted by atomic mass is 10.3. The maximum atomic E-state index is 13.3. The van der Waals surface area contributed by atoms with Gasteiger partial charge in [0.1, 0.15) is 0 Å². The zero-order valence-electron chi connectivity index (χ0n) is 11.9. The highest BCUT2D eigenvalue weighted by Gasteiger charge is 2.38. The molecule has 1 N–H and O–H groups in total. The molecule has 9 heteroatoms. The molecule has 0 bridgehead atoms. The molecule has 0 radical (unpaired) electrons. The lowest BCUT2D eigenvalue weighted by Crippen LogP contribution is -2.10. The van der Waals surface area contributed by atoms with Crippen molar-refractivity contribution in [2.45, 2.75) is 6.18 Å². The fraction of sp³-hybridized carbons (Fsp3) is 0.0667. The number of benzene rings is 1. The van der Waals surface area contributed by atoms with Crippen LogP contribution in [0.25, 0.3) is 10.7 Å².